The molecule has 4 nitrogen and oxygen atoms in total. The molecule has 1 aromatic rings. The van der Waals surface area contributed by atoms with Crippen LogP contribution in [-0.4, -0.2) is 31.9 Å². The third kappa shape index (κ3) is 7.34. The molecule has 0 aliphatic heterocycles. The van der Waals surface area contributed by atoms with Crippen LogP contribution in [0.1, 0.15) is 39.7 Å². The highest BCUT2D eigenvalue weighted by atomic mass is 16.5. The molecule has 4 heteroatoms. The molecule has 1 aromatic carbocycles. The minimum atomic E-state index is 0.314. The summed E-state index contributed by atoms with van der Waals surface area (Å²) in [5.74, 6) is 0.771. The van der Waals surface area contributed by atoms with E-state index in [1.54, 1.807) is 0 Å². The summed E-state index contributed by atoms with van der Waals surface area (Å²) in [4.78, 5) is 0. The number of nitrogens with one attached hydrogen (secondary N) is 1. The van der Waals surface area contributed by atoms with Gasteiger partial charge in [0.05, 0.1) is 18.4 Å². The van der Waals surface area contributed by atoms with Gasteiger partial charge in [-0.25, -0.2) is 0 Å². The Morgan fingerprint density at radius 1 is 1.24 bits per heavy atom. The molecule has 0 aromatic heterocycles. The normalized spacial score (nSPS) is 12.6. The summed E-state index contributed by atoms with van der Waals surface area (Å²) in [7, 11) is 0. The fourth-order valence-electron chi connectivity index (χ4n) is 2.18. The second-order valence-corrected chi connectivity index (χ2v) is 5.64. The molecule has 3 N–H and O–H groups in total. The first-order valence-electron chi connectivity index (χ1n) is 7.89. The van der Waals surface area contributed by atoms with Gasteiger partial charge in [0.1, 0.15) is 5.75 Å². The van der Waals surface area contributed by atoms with E-state index in [1.807, 2.05) is 19.1 Å². The Morgan fingerprint density at radius 3 is 2.62 bits per heavy atom. The van der Waals surface area contributed by atoms with Crippen LogP contribution >= 0.6 is 0 Å². The van der Waals surface area contributed by atoms with Gasteiger partial charge < -0.3 is 20.5 Å². The molecule has 0 aliphatic carbocycles. The molecule has 0 aliphatic rings. The van der Waals surface area contributed by atoms with E-state index in [2.05, 4.69) is 32.2 Å². The number of hydrogen-bond donors (Lipinski definition) is 2. The highest BCUT2D eigenvalue weighted by Gasteiger charge is 2.06. The lowest BCUT2D eigenvalue weighted by molar-refractivity contribution is 0.0768. The van der Waals surface area contributed by atoms with Crippen molar-refractivity contribution in [3.8, 4) is 5.75 Å². The monoisotopic (exact) mass is 294 g/mol. The lowest BCUT2D eigenvalue weighted by atomic mass is 10.1. The maximum atomic E-state index is 5.99. The van der Waals surface area contributed by atoms with E-state index >= 15 is 0 Å². The number of rotatable bonds is 10. The second-order valence-electron chi connectivity index (χ2n) is 5.64. The number of nitrogens with two attached hydrogens (primary N) is 1. The number of benzene rings is 1. The predicted octanol–water partition coefficient (Wildman–Crippen LogP) is 3.00. The van der Waals surface area contributed by atoms with Gasteiger partial charge in [0.2, 0.25) is 0 Å². The van der Waals surface area contributed by atoms with Crippen molar-refractivity contribution >= 4 is 5.69 Å². The van der Waals surface area contributed by atoms with Gasteiger partial charge in [-0.15, -0.1) is 0 Å². The van der Waals surface area contributed by atoms with Crippen LogP contribution in [-0.2, 0) is 11.2 Å². The van der Waals surface area contributed by atoms with Gasteiger partial charge in [-0.05, 0) is 64.8 Å². The summed E-state index contributed by atoms with van der Waals surface area (Å²) in [5, 5.41) is 3.51. The highest BCUT2D eigenvalue weighted by molar-refractivity contribution is 5.54. The molecule has 1 unspecified atom stereocenters. The summed E-state index contributed by atoms with van der Waals surface area (Å²) in [6, 6.07) is 6.46. The maximum Gasteiger partial charge on any atom is 0.142 e. The molecule has 0 saturated heterocycles. The topological polar surface area (TPSA) is 56.5 Å². The number of nitrogen functional groups attached to an aromatic ring is 1. The third-order valence-corrected chi connectivity index (χ3v) is 3.18. The van der Waals surface area contributed by atoms with Crippen LogP contribution in [0.25, 0.3) is 0 Å². The Morgan fingerprint density at radius 2 is 2.00 bits per heavy atom. The van der Waals surface area contributed by atoms with Crippen molar-refractivity contribution in [3.05, 3.63) is 23.8 Å². The van der Waals surface area contributed by atoms with E-state index in [1.165, 1.54) is 5.56 Å². The average Bonchev–Trinajstić information content (AvgIpc) is 2.41. The van der Waals surface area contributed by atoms with Gasteiger partial charge in [0, 0.05) is 12.6 Å². The summed E-state index contributed by atoms with van der Waals surface area (Å²) in [5.41, 5.74) is 7.93. The van der Waals surface area contributed by atoms with Gasteiger partial charge in [-0.3, -0.25) is 0 Å². The van der Waals surface area contributed by atoms with Crippen molar-refractivity contribution in [1.29, 1.82) is 0 Å². The van der Waals surface area contributed by atoms with Crippen LogP contribution < -0.4 is 15.8 Å². The van der Waals surface area contributed by atoms with Crippen molar-refractivity contribution in [2.75, 3.05) is 25.5 Å². The van der Waals surface area contributed by atoms with Gasteiger partial charge >= 0.3 is 0 Å². The van der Waals surface area contributed by atoms with E-state index in [9.17, 15) is 0 Å². The molecule has 1 atom stereocenters. The fourth-order valence-corrected chi connectivity index (χ4v) is 2.18. The largest absolute Gasteiger partial charge is 0.492 e. The van der Waals surface area contributed by atoms with Crippen molar-refractivity contribution < 1.29 is 9.47 Å². The lowest BCUT2D eigenvalue weighted by Crippen LogP contribution is -2.29. The molecule has 0 radical (unpaired) electrons. The molecular formula is C17H30N2O2. The van der Waals surface area contributed by atoms with E-state index in [-0.39, 0.29) is 0 Å². The zero-order valence-electron chi connectivity index (χ0n) is 13.8. The summed E-state index contributed by atoms with van der Waals surface area (Å²) in [6.45, 7) is 10.7. The summed E-state index contributed by atoms with van der Waals surface area (Å²) in [6.07, 6.45) is 2.31. The highest BCUT2D eigenvalue weighted by Crippen LogP contribution is 2.23. The first-order valence-corrected chi connectivity index (χ1v) is 7.89. The smallest absolute Gasteiger partial charge is 0.142 e. The van der Waals surface area contributed by atoms with E-state index in [0.29, 0.717) is 24.4 Å². The van der Waals surface area contributed by atoms with Gasteiger partial charge in [-0.1, -0.05) is 6.07 Å². The third-order valence-electron chi connectivity index (χ3n) is 3.18. The Kier molecular flexibility index (Phi) is 8.16. The molecule has 0 heterocycles. The molecule has 0 bridgehead atoms. The molecule has 0 saturated carbocycles. The van der Waals surface area contributed by atoms with Crippen molar-refractivity contribution in [2.45, 2.75) is 52.7 Å². The van der Waals surface area contributed by atoms with Crippen molar-refractivity contribution in [2.24, 2.45) is 0 Å². The summed E-state index contributed by atoms with van der Waals surface area (Å²) >= 11 is 0. The minimum Gasteiger partial charge on any atom is -0.492 e. The van der Waals surface area contributed by atoms with Crippen LogP contribution in [0.4, 0.5) is 5.69 Å². The maximum absolute atomic E-state index is 5.99. The Labute approximate surface area is 129 Å². The van der Waals surface area contributed by atoms with E-state index in [4.69, 9.17) is 15.2 Å². The Bertz CT molecular complexity index is 408. The van der Waals surface area contributed by atoms with Gasteiger partial charge in [0.15, 0.2) is 0 Å². The van der Waals surface area contributed by atoms with Crippen LogP contribution in [0.3, 0.4) is 0 Å². The number of hydrogen-bond acceptors (Lipinski definition) is 4. The lowest BCUT2D eigenvalue weighted by Gasteiger charge is -2.15. The SMILES string of the molecule is CCOc1ccc(CC(C)NCCCOC(C)C)cc1N. The fraction of sp³-hybridized carbons (Fsp3) is 0.647. The minimum absolute atomic E-state index is 0.314. The molecule has 120 valence electrons. The van der Waals surface area contributed by atoms with Gasteiger partial charge in [0.25, 0.3) is 0 Å². The predicted molar refractivity (Wildman–Crippen MR) is 88.9 cm³/mol. The Hall–Kier alpha value is -1.26. The molecule has 0 amide bonds. The van der Waals surface area contributed by atoms with Crippen LogP contribution in [0.5, 0.6) is 5.75 Å². The number of anilines is 1. The van der Waals surface area contributed by atoms with Crippen LogP contribution in [0, 0.1) is 0 Å². The van der Waals surface area contributed by atoms with Crippen LogP contribution in [0.15, 0.2) is 18.2 Å². The molecular weight excluding hydrogens is 264 g/mol. The molecule has 1 rings (SSSR count). The van der Waals surface area contributed by atoms with E-state index < -0.39 is 0 Å². The standard InChI is InChI=1S/C17H30N2O2/c1-5-20-17-8-7-15(12-16(17)18)11-14(4)19-9-6-10-21-13(2)3/h7-8,12-14,19H,5-6,9-11,18H2,1-4H3. The van der Waals surface area contributed by atoms with Crippen LogP contribution in [0.2, 0.25) is 0 Å². The first kappa shape index (κ1) is 17.8. The van der Waals surface area contributed by atoms with Crippen molar-refractivity contribution in [3.63, 3.8) is 0 Å². The van der Waals surface area contributed by atoms with Gasteiger partial charge in [-0.2, -0.15) is 0 Å². The molecule has 0 fully saturated rings. The summed E-state index contributed by atoms with van der Waals surface area (Å²) < 4.78 is 11.0. The number of ether oxygens (including phenoxy) is 2. The zero-order valence-corrected chi connectivity index (χ0v) is 13.8. The first-order chi connectivity index (χ1) is 10.0. The quantitative estimate of drug-likeness (QED) is 0.514. The second kappa shape index (κ2) is 9.64. The van der Waals surface area contributed by atoms with Crippen molar-refractivity contribution in [1.82, 2.24) is 5.32 Å². The van der Waals surface area contributed by atoms with E-state index in [0.717, 1.165) is 31.7 Å². The zero-order chi connectivity index (χ0) is 15.7. The molecule has 0 spiro atoms. The Balaban J connectivity index is 2.30. The molecule has 21 heavy (non-hydrogen) atoms. The average molecular weight is 294 g/mol.